The summed E-state index contributed by atoms with van der Waals surface area (Å²) in [6.45, 7) is 0.508. The molecule has 0 aliphatic heterocycles. The standard InChI is InChI=1S/C21H24N2O4/c1-26-18-10-3-14(13-19(18)27-2)11-12-22-20(24)15-6-8-17(9-7-15)23-21(25)16-4-5-16/h3,6-10,13,16H,4-5,11-12H2,1-2H3,(H,22,24)(H,23,25). The predicted molar refractivity (Wildman–Crippen MR) is 103 cm³/mol. The van der Waals surface area contributed by atoms with Gasteiger partial charge >= 0.3 is 0 Å². The predicted octanol–water partition coefficient (Wildman–Crippen LogP) is 3.02. The summed E-state index contributed by atoms with van der Waals surface area (Å²) >= 11 is 0. The van der Waals surface area contributed by atoms with Crippen LogP contribution in [-0.4, -0.2) is 32.6 Å². The molecule has 27 heavy (non-hydrogen) atoms. The third-order valence-electron chi connectivity index (χ3n) is 4.51. The fourth-order valence-electron chi connectivity index (χ4n) is 2.75. The second-order valence-corrected chi connectivity index (χ2v) is 6.54. The quantitative estimate of drug-likeness (QED) is 0.751. The molecular formula is C21H24N2O4. The Hall–Kier alpha value is -3.02. The lowest BCUT2D eigenvalue weighted by atomic mass is 10.1. The largest absolute Gasteiger partial charge is 0.493 e. The summed E-state index contributed by atoms with van der Waals surface area (Å²) in [4.78, 5) is 24.0. The van der Waals surface area contributed by atoms with Crippen LogP contribution in [0.4, 0.5) is 5.69 Å². The van der Waals surface area contributed by atoms with Crippen LogP contribution in [-0.2, 0) is 11.2 Å². The topological polar surface area (TPSA) is 76.7 Å². The highest BCUT2D eigenvalue weighted by atomic mass is 16.5. The van der Waals surface area contributed by atoms with Gasteiger partial charge in [-0.3, -0.25) is 9.59 Å². The van der Waals surface area contributed by atoms with Crippen molar-refractivity contribution in [3.05, 3.63) is 53.6 Å². The van der Waals surface area contributed by atoms with Gasteiger partial charge in [0.1, 0.15) is 0 Å². The van der Waals surface area contributed by atoms with Gasteiger partial charge in [-0.15, -0.1) is 0 Å². The zero-order valence-electron chi connectivity index (χ0n) is 15.6. The van der Waals surface area contributed by atoms with Crippen LogP contribution in [0.15, 0.2) is 42.5 Å². The smallest absolute Gasteiger partial charge is 0.251 e. The Bertz CT molecular complexity index is 813. The van der Waals surface area contributed by atoms with Gasteiger partial charge in [-0.05, 0) is 61.2 Å². The van der Waals surface area contributed by atoms with E-state index in [0.717, 1.165) is 18.4 Å². The molecule has 0 bridgehead atoms. The molecule has 0 aromatic heterocycles. The van der Waals surface area contributed by atoms with Crippen LogP contribution < -0.4 is 20.1 Å². The summed E-state index contributed by atoms with van der Waals surface area (Å²) in [5.41, 5.74) is 2.33. The van der Waals surface area contributed by atoms with Crippen LogP contribution in [0.3, 0.4) is 0 Å². The molecule has 6 nitrogen and oxygen atoms in total. The maximum atomic E-state index is 12.3. The van der Waals surface area contributed by atoms with Crippen molar-refractivity contribution >= 4 is 17.5 Å². The molecule has 2 N–H and O–H groups in total. The monoisotopic (exact) mass is 368 g/mol. The van der Waals surface area contributed by atoms with Crippen molar-refractivity contribution in [3.8, 4) is 11.5 Å². The molecule has 1 aliphatic carbocycles. The minimum absolute atomic E-state index is 0.0575. The van der Waals surface area contributed by atoms with E-state index in [2.05, 4.69) is 10.6 Å². The normalized spacial score (nSPS) is 13.0. The molecule has 2 aromatic rings. The first kappa shape index (κ1) is 18.8. The molecule has 142 valence electrons. The van der Waals surface area contributed by atoms with Gasteiger partial charge < -0.3 is 20.1 Å². The first-order valence-corrected chi connectivity index (χ1v) is 9.00. The average molecular weight is 368 g/mol. The number of carbonyl (C=O) groups is 2. The van der Waals surface area contributed by atoms with E-state index in [9.17, 15) is 9.59 Å². The van der Waals surface area contributed by atoms with Crippen LogP contribution in [0, 0.1) is 5.92 Å². The van der Waals surface area contributed by atoms with Crippen molar-refractivity contribution in [2.75, 3.05) is 26.1 Å². The Labute approximate surface area is 158 Å². The molecule has 2 amide bonds. The van der Waals surface area contributed by atoms with E-state index in [1.807, 2.05) is 18.2 Å². The molecule has 1 saturated carbocycles. The van der Waals surface area contributed by atoms with Gasteiger partial charge in [0.2, 0.25) is 5.91 Å². The average Bonchev–Trinajstić information content (AvgIpc) is 3.53. The Balaban J connectivity index is 1.49. The lowest BCUT2D eigenvalue weighted by Gasteiger charge is -2.10. The number of carbonyl (C=O) groups excluding carboxylic acids is 2. The molecule has 3 rings (SSSR count). The summed E-state index contributed by atoms with van der Waals surface area (Å²) in [7, 11) is 3.19. The first-order valence-electron chi connectivity index (χ1n) is 9.00. The Morgan fingerprint density at radius 2 is 1.70 bits per heavy atom. The zero-order valence-corrected chi connectivity index (χ0v) is 15.6. The highest BCUT2D eigenvalue weighted by Gasteiger charge is 2.29. The maximum absolute atomic E-state index is 12.3. The maximum Gasteiger partial charge on any atom is 0.251 e. The summed E-state index contributed by atoms with van der Waals surface area (Å²) in [6.07, 6.45) is 2.61. The van der Waals surface area contributed by atoms with E-state index in [1.165, 1.54) is 0 Å². The summed E-state index contributed by atoms with van der Waals surface area (Å²) in [5.74, 6) is 1.42. The van der Waals surface area contributed by atoms with Gasteiger partial charge in [-0.25, -0.2) is 0 Å². The number of methoxy groups -OCH3 is 2. The van der Waals surface area contributed by atoms with Gasteiger partial charge in [0, 0.05) is 23.7 Å². The van der Waals surface area contributed by atoms with Gasteiger partial charge in [-0.2, -0.15) is 0 Å². The van der Waals surface area contributed by atoms with Crippen LogP contribution in [0.1, 0.15) is 28.8 Å². The minimum atomic E-state index is -0.143. The molecule has 0 saturated heterocycles. The van der Waals surface area contributed by atoms with Gasteiger partial charge in [-0.1, -0.05) is 6.07 Å². The number of amides is 2. The second kappa shape index (κ2) is 8.58. The van der Waals surface area contributed by atoms with E-state index >= 15 is 0 Å². The molecular weight excluding hydrogens is 344 g/mol. The van der Waals surface area contributed by atoms with Crippen molar-refractivity contribution in [1.29, 1.82) is 0 Å². The van der Waals surface area contributed by atoms with Crippen molar-refractivity contribution in [3.63, 3.8) is 0 Å². The molecule has 0 atom stereocenters. The van der Waals surface area contributed by atoms with Crippen molar-refractivity contribution < 1.29 is 19.1 Å². The number of hydrogen-bond donors (Lipinski definition) is 2. The minimum Gasteiger partial charge on any atom is -0.493 e. The number of anilines is 1. The van der Waals surface area contributed by atoms with Crippen LogP contribution in [0.2, 0.25) is 0 Å². The van der Waals surface area contributed by atoms with Crippen LogP contribution in [0.5, 0.6) is 11.5 Å². The molecule has 6 heteroatoms. The van der Waals surface area contributed by atoms with Crippen molar-refractivity contribution in [2.24, 2.45) is 5.92 Å². The molecule has 2 aromatic carbocycles. The Morgan fingerprint density at radius 3 is 2.33 bits per heavy atom. The van der Waals surface area contributed by atoms with Crippen LogP contribution in [0.25, 0.3) is 0 Å². The third-order valence-corrected chi connectivity index (χ3v) is 4.51. The van der Waals surface area contributed by atoms with Gasteiger partial charge in [0.05, 0.1) is 14.2 Å². The number of nitrogens with one attached hydrogen (secondary N) is 2. The van der Waals surface area contributed by atoms with Gasteiger partial charge in [0.15, 0.2) is 11.5 Å². The van der Waals surface area contributed by atoms with Crippen LogP contribution >= 0.6 is 0 Å². The SMILES string of the molecule is COc1ccc(CCNC(=O)c2ccc(NC(=O)C3CC3)cc2)cc1OC. The zero-order chi connectivity index (χ0) is 19.2. The number of benzene rings is 2. The van der Waals surface area contributed by atoms with Gasteiger partial charge in [0.25, 0.3) is 5.91 Å². The van der Waals surface area contributed by atoms with Crippen molar-refractivity contribution in [1.82, 2.24) is 5.32 Å². The van der Waals surface area contributed by atoms with E-state index < -0.39 is 0 Å². The van der Waals surface area contributed by atoms with E-state index in [0.29, 0.717) is 35.7 Å². The fraction of sp³-hybridized carbons (Fsp3) is 0.333. The van der Waals surface area contributed by atoms with Crippen molar-refractivity contribution in [2.45, 2.75) is 19.3 Å². The highest BCUT2D eigenvalue weighted by molar-refractivity contribution is 5.96. The summed E-state index contributed by atoms with van der Waals surface area (Å²) < 4.78 is 10.5. The molecule has 0 spiro atoms. The van der Waals surface area contributed by atoms with E-state index in [1.54, 1.807) is 38.5 Å². The fourth-order valence-corrected chi connectivity index (χ4v) is 2.75. The lowest BCUT2D eigenvalue weighted by Crippen LogP contribution is -2.25. The molecule has 1 fully saturated rings. The summed E-state index contributed by atoms with van der Waals surface area (Å²) in [5, 5.41) is 5.77. The number of ether oxygens (including phenoxy) is 2. The van der Waals surface area contributed by atoms with E-state index in [-0.39, 0.29) is 17.7 Å². The number of rotatable bonds is 8. The Kier molecular flexibility index (Phi) is 5.96. The number of hydrogen-bond acceptors (Lipinski definition) is 4. The van der Waals surface area contributed by atoms with E-state index in [4.69, 9.17) is 9.47 Å². The first-order chi connectivity index (χ1) is 13.1. The Morgan fingerprint density at radius 1 is 1.00 bits per heavy atom. The summed E-state index contributed by atoms with van der Waals surface area (Å²) in [6, 6.07) is 12.6. The lowest BCUT2D eigenvalue weighted by molar-refractivity contribution is -0.117. The second-order valence-electron chi connectivity index (χ2n) is 6.54. The molecule has 1 aliphatic rings. The molecule has 0 radical (unpaired) electrons. The third kappa shape index (κ3) is 5.00. The molecule has 0 heterocycles. The highest BCUT2D eigenvalue weighted by Crippen LogP contribution is 2.30. The molecule has 0 unspecified atom stereocenters.